The summed E-state index contributed by atoms with van der Waals surface area (Å²) in [5, 5.41) is 10.5. The molecule has 0 saturated carbocycles. The molecule has 0 bridgehead atoms. The van der Waals surface area contributed by atoms with E-state index in [-0.39, 0.29) is 10.9 Å². The standard InChI is InChI=1S/C16H15N3O2S2/c17-23(20,21)13-8-9-15(18-11-13)19-16(14-7-4-10-22-14)12-5-2-1-3-6-12/h1-11,16H,(H,18,19)(H2,17,20,21)/p+1/t16-/m1/s1. The Labute approximate surface area is 138 Å². The number of thiophene rings is 1. The molecule has 1 aromatic carbocycles. The molecule has 0 amide bonds. The number of nitrogens with two attached hydrogens (primary N) is 1. The van der Waals surface area contributed by atoms with Gasteiger partial charge in [-0.1, -0.05) is 36.4 Å². The van der Waals surface area contributed by atoms with E-state index in [9.17, 15) is 8.42 Å². The van der Waals surface area contributed by atoms with E-state index >= 15 is 0 Å². The zero-order chi connectivity index (χ0) is 16.3. The van der Waals surface area contributed by atoms with Gasteiger partial charge in [0.1, 0.15) is 11.1 Å². The van der Waals surface area contributed by atoms with E-state index in [1.54, 1.807) is 17.4 Å². The summed E-state index contributed by atoms with van der Waals surface area (Å²) >= 11 is 1.66. The van der Waals surface area contributed by atoms with E-state index < -0.39 is 10.0 Å². The minimum Gasteiger partial charge on any atom is -0.262 e. The van der Waals surface area contributed by atoms with Crippen molar-refractivity contribution in [3.8, 4) is 0 Å². The maximum Gasteiger partial charge on any atom is 0.273 e. The monoisotopic (exact) mass is 346 g/mol. The van der Waals surface area contributed by atoms with E-state index in [0.29, 0.717) is 5.82 Å². The molecule has 5 nitrogen and oxygen atoms in total. The molecule has 2 aromatic heterocycles. The molecule has 0 spiro atoms. The van der Waals surface area contributed by atoms with Crippen molar-refractivity contribution in [2.75, 3.05) is 5.32 Å². The number of rotatable bonds is 5. The van der Waals surface area contributed by atoms with Gasteiger partial charge in [-0.05, 0) is 17.5 Å². The Morgan fingerprint density at radius 2 is 1.83 bits per heavy atom. The molecule has 1 atom stereocenters. The number of anilines is 1. The van der Waals surface area contributed by atoms with Crippen molar-refractivity contribution in [1.82, 2.24) is 0 Å². The number of hydrogen-bond acceptors (Lipinski definition) is 4. The lowest BCUT2D eigenvalue weighted by molar-refractivity contribution is -0.364. The molecular weight excluding hydrogens is 330 g/mol. The highest BCUT2D eigenvalue weighted by molar-refractivity contribution is 7.89. The third-order valence-corrected chi connectivity index (χ3v) is 5.22. The van der Waals surface area contributed by atoms with Gasteiger partial charge in [-0.2, -0.15) is 0 Å². The van der Waals surface area contributed by atoms with Gasteiger partial charge in [-0.3, -0.25) is 5.32 Å². The third kappa shape index (κ3) is 3.76. The summed E-state index contributed by atoms with van der Waals surface area (Å²) in [6, 6.07) is 17.3. The lowest BCUT2D eigenvalue weighted by atomic mass is 10.1. The zero-order valence-corrected chi connectivity index (χ0v) is 13.8. The van der Waals surface area contributed by atoms with Crippen LogP contribution < -0.4 is 15.4 Å². The molecule has 4 N–H and O–H groups in total. The Hall–Kier alpha value is -2.22. The second-order valence-corrected chi connectivity index (χ2v) is 7.53. The lowest BCUT2D eigenvalue weighted by Crippen LogP contribution is -2.21. The number of hydrogen-bond donors (Lipinski definition) is 2. The number of nitrogens with one attached hydrogen (secondary N) is 2. The smallest absolute Gasteiger partial charge is 0.262 e. The van der Waals surface area contributed by atoms with Gasteiger partial charge in [0, 0.05) is 11.6 Å². The second-order valence-electron chi connectivity index (χ2n) is 4.99. The highest BCUT2D eigenvalue weighted by Crippen LogP contribution is 2.28. The lowest BCUT2D eigenvalue weighted by Gasteiger charge is -2.13. The van der Waals surface area contributed by atoms with Crippen LogP contribution in [-0.2, 0) is 10.0 Å². The molecule has 0 fully saturated rings. The first-order valence-electron chi connectivity index (χ1n) is 6.93. The van der Waals surface area contributed by atoms with Crippen molar-refractivity contribution in [3.63, 3.8) is 0 Å². The van der Waals surface area contributed by atoms with Crippen molar-refractivity contribution in [1.29, 1.82) is 0 Å². The van der Waals surface area contributed by atoms with Gasteiger partial charge in [0.05, 0.1) is 4.88 Å². The quantitative estimate of drug-likeness (QED) is 0.744. The predicted octanol–water partition coefficient (Wildman–Crippen LogP) is 2.41. The number of benzene rings is 1. The zero-order valence-electron chi connectivity index (χ0n) is 12.1. The minimum absolute atomic E-state index is 0.0206. The number of aromatic amines is 1. The molecule has 0 aliphatic rings. The number of pyridine rings is 1. The average molecular weight is 346 g/mol. The first-order valence-corrected chi connectivity index (χ1v) is 9.36. The van der Waals surface area contributed by atoms with Crippen LogP contribution in [0.25, 0.3) is 0 Å². The van der Waals surface area contributed by atoms with Gasteiger partial charge in [-0.15, -0.1) is 11.3 Å². The topological polar surface area (TPSA) is 86.3 Å². The Morgan fingerprint density at radius 3 is 2.39 bits per heavy atom. The molecule has 2 heterocycles. The van der Waals surface area contributed by atoms with Gasteiger partial charge in [0.2, 0.25) is 10.0 Å². The molecule has 3 rings (SSSR count). The van der Waals surface area contributed by atoms with Gasteiger partial charge in [0.25, 0.3) is 5.82 Å². The highest BCUT2D eigenvalue weighted by atomic mass is 32.2. The van der Waals surface area contributed by atoms with Gasteiger partial charge in [-0.25, -0.2) is 18.5 Å². The first kappa shape index (κ1) is 15.7. The van der Waals surface area contributed by atoms with Crippen LogP contribution in [0.3, 0.4) is 0 Å². The SMILES string of the molecule is NS(=O)(=O)c1ccc(N[C@H](c2ccccc2)c2cccs2)[nH+]c1. The largest absolute Gasteiger partial charge is 0.273 e. The molecule has 23 heavy (non-hydrogen) atoms. The Morgan fingerprint density at radius 1 is 1.04 bits per heavy atom. The molecule has 7 heteroatoms. The molecule has 0 aliphatic heterocycles. The van der Waals surface area contributed by atoms with E-state index in [4.69, 9.17) is 5.14 Å². The summed E-state index contributed by atoms with van der Waals surface area (Å²) in [7, 11) is -3.70. The van der Waals surface area contributed by atoms with E-state index in [2.05, 4.69) is 28.5 Å². The Bertz CT molecular complexity index is 861. The van der Waals surface area contributed by atoms with Crippen molar-refractivity contribution in [2.24, 2.45) is 5.14 Å². The van der Waals surface area contributed by atoms with Crippen LogP contribution in [0.1, 0.15) is 16.5 Å². The summed E-state index contributed by atoms with van der Waals surface area (Å²) < 4.78 is 22.6. The predicted molar refractivity (Wildman–Crippen MR) is 90.6 cm³/mol. The molecular formula is C16H16N3O2S2+. The summed E-state index contributed by atoms with van der Waals surface area (Å²) in [5.41, 5.74) is 1.12. The van der Waals surface area contributed by atoms with E-state index in [0.717, 1.165) is 5.56 Å². The molecule has 3 aromatic rings. The summed E-state index contributed by atoms with van der Waals surface area (Å²) in [6.45, 7) is 0. The van der Waals surface area contributed by atoms with Gasteiger partial charge < -0.3 is 0 Å². The van der Waals surface area contributed by atoms with Crippen LogP contribution in [0.4, 0.5) is 5.82 Å². The molecule has 0 aliphatic carbocycles. The van der Waals surface area contributed by atoms with Crippen molar-refractivity contribution < 1.29 is 13.4 Å². The van der Waals surface area contributed by atoms with Crippen LogP contribution in [0.15, 0.2) is 71.1 Å². The van der Waals surface area contributed by atoms with Crippen molar-refractivity contribution in [3.05, 3.63) is 76.6 Å². The van der Waals surface area contributed by atoms with Crippen LogP contribution in [-0.4, -0.2) is 8.42 Å². The highest BCUT2D eigenvalue weighted by Gasteiger charge is 2.20. The average Bonchev–Trinajstić information content (AvgIpc) is 3.07. The number of primary sulfonamides is 1. The number of sulfonamides is 1. The van der Waals surface area contributed by atoms with Gasteiger partial charge in [0.15, 0.2) is 6.04 Å². The number of aromatic nitrogens is 1. The third-order valence-electron chi connectivity index (χ3n) is 3.37. The fourth-order valence-corrected chi connectivity index (χ4v) is 3.54. The first-order chi connectivity index (χ1) is 11.0. The Balaban J connectivity index is 1.90. The van der Waals surface area contributed by atoms with Crippen molar-refractivity contribution >= 4 is 27.2 Å². The molecule has 0 unspecified atom stereocenters. The summed E-state index contributed by atoms with van der Waals surface area (Å²) in [4.78, 5) is 4.16. The normalized spacial score (nSPS) is 12.7. The van der Waals surface area contributed by atoms with Crippen LogP contribution in [0.5, 0.6) is 0 Å². The van der Waals surface area contributed by atoms with Gasteiger partial charge >= 0.3 is 0 Å². The van der Waals surface area contributed by atoms with Crippen LogP contribution in [0.2, 0.25) is 0 Å². The summed E-state index contributed by atoms with van der Waals surface area (Å²) in [5.74, 6) is 0.708. The maximum absolute atomic E-state index is 11.3. The minimum atomic E-state index is -3.70. The molecule has 0 radical (unpaired) electrons. The van der Waals surface area contributed by atoms with E-state index in [1.807, 2.05) is 29.6 Å². The van der Waals surface area contributed by atoms with Crippen LogP contribution in [0, 0.1) is 0 Å². The maximum atomic E-state index is 11.3. The van der Waals surface area contributed by atoms with Crippen molar-refractivity contribution in [2.45, 2.75) is 10.9 Å². The van der Waals surface area contributed by atoms with E-state index in [1.165, 1.54) is 17.1 Å². The summed E-state index contributed by atoms with van der Waals surface area (Å²) in [6.07, 6.45) is 1.38. The fraction of sp³-hybridized carbons (Fsp3) is 0.0625. The Kier molecular flexibility index (Phi) is 4.42. The number of H-pyrrole nitrogens is 1. The fourth-order valence-electron chi connectivity index (χ4n) is 2.25. The van der Waals surface area contributed by atoms with Crippen LogP contribution >= 0.6 is 11.3 Å². The molecule has 118 valence electrons. The second kappa shape index (κ2) is 6.49. The molecule has 0 saturated heterocycles.